The predicted molar refractivity (Wildman–Crippen MR) is 307 cm³/mol. The van der Waals surface area contributed by atoms with E-state index in [4.69, 9.17) is 15.7 Å². The summed E-state index contributed by atoms with van der Waals surface area (Å²) < 4.78 is 29.1. The number of hydrogen-bond acceptors (Lipinski definition) is 12. The summed E-state index contributed by atoms with van der Waals surface area (Å²) in [5, 5.41) is 23.5. The Bertz CT molecular complexity index is 3900. The van der Waals surface area contributed by atoms with Crippen molar-refractivity contribution < 1.29 is 8.78 Å². The Morgan fingerprint density at radius 3 is 1.94 bits per heavy atom. The first-order valence-corrected chi connectivity index (χ1v) is 25.4. The van der Waals surface area contributed by atoms with Gasteiger partial charge in [-0.15, -0.1) is 0 Å². The maximum atomic E-state index is 14.6. The zero-order valence-corrected chi connectivity index (χ0v) is 43.8. The normalized spacial score (nSPS) is 11.8. The Labute approximate surface area is 444 Å². The van der Waals surface area contributed by atoms with E-state index in [0.717, 1.165) is 86.7 Å². The number of nitrogens with two attached hydrogens (primary N) is 1. The molecule has 11 rings (SSSR count). The lowest BCUT2D eigenvalue weighted by atomic mass is 10.0. The van der Waals surface area contributed by atoms with Crippen molar-refractivity contribution in [1.29, 1.82) is 0 Å². The number of fused-ring (bicyclic) bond motifs is 4. The number of benzene rings is 4. The van der Waals surface area contributed by atoms with Gasteiger partial charge in [0.15, 0.2) is 11.6 Å². The highest BCUT2D eigenvalue weighted by atomic mass is 19.1. The van der Waals surface area contributed by atoms with Crippen molar-refractivity contribution in [3.05, 3.63) is 169 Å². The lowest BCUT2D eigenvalue weighted by molar-refractivity contribution is 0.425. The fourth-order valence-corrected chi connectivity index (χ4v) is 8.92. The summed E-state index contributed by atoms with van der Waals surface area (Å²) in [5.41, 5.74) is 20.5. The molecule has 4 aromatic carbocycles. The minimum atomic E-state index is -0.339. The third-order valence-electron chi connectivity index (χ3n) is 12.6. The average molecular weight is 1030 g/mol. The van der Waals surface area contributed by atoms with Crippen LogP contribution >= 0.6 is 0 Å². The first-order chi connectivity index (χ1) is 37.5. The molecule has 7 aromatic heterocycles. The highest BCUT2D eigenvalue weighted by Gasteiger charge is 2.20. The van der Waals surface area contributed by atoms with Gasteiger partial charge in [-0.2, -0.15) is 10.2 Å². The van der Waals surface area contributed by atoms with E-state index in [9.17, 15) is 8.78 Å². The van der Waals surface area contributed by atoms with Gasteiger partial charge in [-0.3, -0.25) is 30.1 Å². The van der Waals surface area contributed by atoms with Crippen molar-refractivity contribution in [2.45, 2.75) is 33.6 Å². The number of H-pyrrole nitrogens is 4. The highest BCUT2D eigenvalue weighted by molar-refractivity contribution is 5.99. The van der Waals surface area contributed by atoms with Gasteiger partial charge in [0.05, 0.1) is 45.3 Å². The molecule has 16 nitrogen and oxygen atoms in total. The molecular formula is C59H60F2N16. The molecule has 8 N–H and O–H groups in total. The van der Waals surface area contributed by atoms with Crippen molar-refractivity contribution in [1.82, 2.24) is 70.5 Å². The van der Waals surface area contributed by atoms with Crippen LogP contribution in [0.2, 0.25) is 0 Å². The van der Waals surface area contributed by atoms with Gasteiger partial charge in [-0.05, 0) is 149 Å². The van der Waals surface area contributed by atoms with Crippen LogP contribution in [0.4, 0.5) is 14.5 Å². The number of rotatable bonds is 16. The van der Waals surface area contributed by atoms with Gasteiger partial charge in [-0.25, -0.2) is 18.7 Å². The van der Waals surface area contributed by atoms with E-state index in [-0.39, 0.29) is 11.6 Å². The van der Waals surface area contributed by atoms with Crippen LogP contribution in [0.25, 0.3) is 106 Å². The molecule has 0 unspecified atom stereocenters. The Kier molecular flexibility index (Phi) is 16.4. The lowest BCUT2D eigenvalue weighted by Crippen LogP contribution is -2.20. The quantitative estimate of drug-likeness (QED) is 0.0355. The molecule has 18 heteroatoms. The third-order valence-corrected chi connectivity index (χ3v) is 12.6. The van der Waals surface area contributed by atoms with Gasteiger partial charge in [-0.1, -0.05) is 38.6 Å². The molecule has 77 heavy (non-hydrogen) atoms. The van der Waals surface area contributed by atoms with Gasteiger partial charge in [0.25, 0.3) is 0 Å². The number of nitrogens with one attached hydrogen (secondary N) is 6. The van der Waals surface area contributed by atoms with Crippen LogP contribution in [0.3, 0.4) is 0 Å². The summed E-state index contributed by atoms with van der Waals surface area (Å²) in [7, 11) is 5.91. The second-order valence-electron chi connectivity index (χ2n) is 18.1. The molecule has 0 bridgehead atoms. The van der Waals surface area contributed by atoms with Crippen LogP contribution in [0.1, 0.15) is 38.3 Å². The number of aryl methyl sites for hydroxylation is 1. The van der Waals surface area contributed by atoms with Crippen LogP contribution in [-0.4, -0.2) is 106 Å². The van der Waals surface area contributed by atoms with Crippen molar-refractivity contribution >= 4 is 55.1 Å². The molecule has 0 amide bonds. The minimum Gasteiger partial charge on any atom is -0.399 e. The monoisotopic (exact) mass is 1030 g/mol. The fourth-order valence-electron chi connectivity index (χ4n) is 8.92. The van der Waals surface area contributed by atoms with Crippen molar-refractivity contribution in [2.24, 2.45) is 5.73 Å². The van der Waals surface area contributed by atoms with Crippen LogP contribution in [-0.2, 0) is 6.42 Å². The molecule has 0 atom stereocenters. The molecule has 0 aliphatic heterocycles. The number of imidazole rings is 2. The predicted octanol–water partition coefficient (Wildman–Crippen LogP) is 11.7. The molecule has 0 radical (unpaired) electrons. The van der Waals surface area contributed by atoms with Gasteiger partial charge in [0.1, 0.15) is 34.1 Å². The number of anilines is 1. The molecule has 0 spiro atoms. The largest absolute Gasteiger partial charge is 0.399 e. The van der Waals surface area contributed by atoms with Crippen molar-refractivity contribution in [2.75, 3.05) is 46.1 Å². The van der Waals surface area contributed by atoms with E-state index in [1.165, 1.54) is 18.2 Å². The molecule has 7 heterocycles. The van der Waals surface area contributed by atoms with Crippen LogP contribution < -0.4 is 16.4 Å². The smallest absolute Gasteiger partial charge is 0.159 e. The number of allylic oxidation sites excluding steroid dienone is 4. The maximum Gasteiger partial charge on any atom is 0.159 e. The summed E-state index contributed by atoms with van der Waals surface area (Å²) in [5.74, 6) is 0.571. The number of halogens is 2. The third kappa shape index (κ3) is 11.8. The number of likely N-dealkylation sites (N-methyl/N-ethyl adjacent to an activating group) is 1. The fraction of sp³-hybridized carbons (Fsp3) is 0.186. The van der Waals surface area contributed by atoms with E-state index in [1.807, 2.05) is 109 Å². The molecule has 0 saturated heterocycles. The number of aromatic amines is 4. The van der Waals surface area contributed by atoms with Gasteiger partial charge < -0.3 is 31.2 Å². The molecule has 390 valence electrons. The second kappa shape index (κ2) is 24.0. The van der Waals surface area contributed by atoms with Crippen LogP contribution in [0, 0.1) is 11.6 Å². The van der Waals surface area contributed by atoms with E-state index in [2.05, 4.69) is 78.5 Å². The first kappa shape index (κ1) is 52.6. The Morgan fingerprint density at radius 2 is 1.32 bits per heavy atom. The molecule has 0 aliphatic carbocycles. The molecular weight excluding hydrogens is 971 g/mol. The Balaban J connectivity index is 0.000000182. The molecule has 0 fully saturated rings. The number of nitrogens with zero attached hydrogens (tertiary/aromatic N) is 9. The standard InChI is InChI=1S/C30H30FN7.C27H24FN9.C2H6/c1-4-19(16-23(32)5-2)20-8-9-25-24(17-20)28(38-37-25)30-35-26-10-12-34-27(29(26)36-30)21-13-18(7-6-11-33-3)14-22(31)15-21;1-37(2)10-9-30-19-12-17(11-18(28)14-19)24-26-22(5-6-32-24)33-27(34-26)25-20-13-16(3-4-21(20)35-36-25)23-15-29-7-8-31-23;1-2/h4-5,8-10,12-17,33H,2,6-7,11,32H2,1,3H3,(H,35,36)(H,37,38);3-8,11-15,30H,9-10H2,1-2H3,(H,33,34)(H,35,36);1-2H3/b19-4+,23-16+;;. The van der Waals surface area contributed by atoms with Crippen LogP contribution in [0.5, 0.6) is 0 Å². The number of hydrogen-bond donors (Lipinski definition) is 7. The van der Waals surface area contributed by atoms with E-state index in [0.29, 0.717) is 74.5 Å². The second-order valence-corrected chi connectivity index (χ2v) is 18.1. The zero-order valence-electron chi connectivity index (χ0n) is 43.8. The zero-order chi connectivity index (χ0) is 54.0. The molecule has 0 aliphatic rings. The molecule has 0 saturated carbocycles. The average Bonchev–Trinajstić information content (AvgIpc) is 4.35. The van der Waals surface area contributed by atoms with E-state index >= 15 is 0 Å². The van der Waals surface area contributed by atoms with Gasteiger partial charge in [0.2, 0.25) is 0 Å². The number of pyridine rings is 2. The maximum absolute atomic E-state index is 14.6. The summed E-state index contributed by atoms with van der Waals surface area (Å²) >= 11 is 0. The summed E-state index contributed by atoms with van der Waals surface area (Å²) in [6.07, 6.45) is 15.6. The topological polar surface area (TPSA) is 220 Å². The highest BCUT2D eigenvalue weighted by Crippen LogP contribution is 2.35. The van der Waals surface area contributed by atoms with Gasteiger partial charge >= 0.3 is 0 Å². The van der Waals surface area contributed by atoms with Crippen molar-refractivity contribution in [3.63, 3.8) is 0 Å². The summed E-state index contributed by atoms with van der Waals surface area (Å²) in [6.45, 7) is 12.1. The number of aromatic nitrogens is 12. The minimum absolute atomic E-state index is 0.284. The first-order valence-electron chi connectivity index (χ1n) is 25.4. The Hall–Kier alpha value is -9.26. The lowest BCUT2D eigenvalue weighted by Gasteiger charge is -2.12. The summed E-state index contributed by atoms with van der Waals surface area (Å²) in [4.78, 5) is 36.2. The van der Waals surface area contributed by atoms with Gasteiger partial charge in [0, 0.05) is 76.7 Å². The van der Waals surface area contributed by atoms with Crippen LogP contribution in [0.15, 0.2) is 146 Å². The summed E-state index contributed by atoms with van der Waals surface area (Å²) in [6, 6.07) is 25.7. The van der Waals surface area contributed by atoms with Crippen molar-refractivity contribution in [3.8, 4) is 56.8 Å². The molecule has 11 aromatic rings. The van der Waals surface area contributed by atoms with E-state index in [1.54, 1.807) is 43.1 Å². The van der Waals surface area contributed by atoms with E-state index < -0.39 is 0 Å². The Morgan fingerprint density at radius 1 is 0.688 bits per heavy atom. The SMILES string of the molecule is C=C/C(N)=C\C(=C/C)c1ccc2[nH]nc(-c3nc4c(-c5cc(F)cc(CCCNC)c5)nccc4[nH]3)c2c1.CC.CN(C)CCNc1cc(F)cc(-c2nccc3[nH]c(-c4n[nH]c5ccc(-c6cnccn6)cc45)nc23)c1.